The summed E-state index contributed by atoms with van der Waals surface area (Å²) in [5.74, 6) is 0. The molecule has 4 heterocycles. The Morgan fingerprint density at radius 3 is 0.833 bits per heavy atom. The van der Waals surface area contributed by atoms with Gasteiger partial charge in [-0.3, -0.25) is 19.6 Å². The third kappa shape index (κ3) is 1.63. The van der Waals surface area contributed by atoms with Crippen molar-refractivity contribution in [1.29, 1.82) is 0 Å². The van der Waals surface area contributed by atoms with Crippen LogP contribution in [0.1, 0.15) is 0 Å². The first-order valence-corrected chi connectivity index (χ1v) is 3.79. The van der Waals surface area contributed by atoms with Gasteiger partial charge in [0, 0.05) is 0 Å². The normalized spacial score (nSPS) is 48.0. The SMILES string of the molecule is C1N2CN3CN1CN(C2)C3.[Cl-].[Co+2]. The third-order valence-electron chi connectivity index (χ3n) is 2.40. The number of hydrogen-bond donors (Lipinski definition) is 0. The molecule has 0 unspecified atom stereocenters. The Hall–Kier alpha value is 0.636. The van der Waals surface area contributed by atoms with Gasteiger partial charge in [0.15, 0.2) is 0 Å². The van der Waals surface area contributed by atoms with Crippen LogP contribution in [-0.4, -0.2) is 59.6 Å². The molecule has 4 aliphatic rings. The van der Waals surface area contributed by atoms with Gasteiger partial charge in [0.1, 0.15) is 0 Å². The molecule has 12 heavy (non-hydrogen) atoms. The largest absolute Gasteiger partial charge is 2.00 e. The minimum Gasteiger partial charge on any atom is -1.00 e. The molecule has 0 N–H and O–H groups in total. The first kappa shape index (κ1) is 10.7. The zero-order valence-electron chi connectivity index (χ0n) is 6.74. The van der Waals surface area contributed by atoms with E-state index in [1.807, 2.05) is 0 Å². The smallest absolute Gasteiger partial charge is 1.00 e. The van der Waals surface area contributed by atoms with Crippen molar-refractivity contribution in [2.24, 2.45) is 0 Å². The maximum Gasteiger partial charge on any atom is 2.00 e. The summed E-state index contributed by atoms with van der Waals surface area (Å²) in [5, 5.41) is 0. The van der Waals surface area contributed by atoms with Crippen LogP contribution in [-0.2, 0) is 16.8 Å². The van der Waals surface area contributed by atoms with E-state index < -0.39 is 0 Å². The number of nitrogens with zero attached hydrogens (tertiary/aromatic N) is 4. The predicted octanol–water partition coefficient (Wildman–Crippen LogP) is -4.02. The summed E-state index contributed by atoms with van der Waals surface area (Å²) in [5.41, 5.74) is 0. The average molecular weight is 235 g/mol. The summed E-state index contributed by atoms with van der Waals surface area (Å²) in [6, 6.07) is 0. The topological polar surface area (TPSA) is 13.0 Å². The number of rotatable bonds is 0. The molecule has 0 atom stereocenters. The Kier molecular flexibility index (Phi) is 3.38. The second-order valence-corrected chi connectivity index (χ2v) is 3.53. The van der Waals surface area contributed by atoms with Gasteiger partial charge in [-0.15, -0.1) is 0 Å². The van der Waals surface area contributed by atoms with Crippen molar-refractivity contribution in [3.8, 4) is 0 Å². The molecule has 4 bridgehead atoms. The maximum atomic E-state index is 2.47. The molecule has 4 nitrogen and oxygen atoms in total. The second-order valence-electron chi connectivity index (χ2n) is 3.53. The monoisotopic (exact) mass is 234 g/mol. The minimum absolute atomic E-state index is 0. The van der Waals surface area contributed by atoms with Crippen LogP contribution in [0.2, 0.25) is 0 Å². The fourth-order valence-electron chi connectivity index (χ4n) is 2.23. The van der Waals surface area contributed by atoms with Crippen LogP contribution in [0.4, 0.5) is 0 Å². The van der Waals surface area contributed by atoms with Crippen molar-refractivity contribution in [2.45, 2.75) is 0 Å². The van der Waals surface area contributed by atoms with Crippen molar-refractivity contribution >= 4 is 0 Å². The quantitative estimate of drug-likeness (QED) is 0.423. The Morgan fingerprint density at radius 1 is 0.500 bits per heavy atom. The van der Waals surface area contributed by atoms with Gasteiger partial charge in [-0.05, 0) is 0 Å². The summed E-state index contributed by atoms with van der Waals surface area (Å²) in [7, 11) is 0. The molecular formula is C6H12ClCoN4+. The molecule has 0 aliphatic carbocycles. The van der Waals surface area contributed by atoms with Crippen LogP contribution in [0.3, 0.4) is 0 Å². The van der Waals surface area contributed by atoms with Gasteiger partial charge in [0.2, 0.25) is 0 Å². The average Bonchev–Trinajstić information content (AvgIpc) is 1.82. The molecule has 71 valence electrons. The van der Waals surface area contributed by atoms with Crippen molar-refractivity contribution in [3.05, 3.63) is 0 Å². The van der Waals surface area contributed by atoms with Crippen LogP contribution >= 0.6 is 0 Å². The van der Waals surface area contributed by atoms with Crippen molar-refractivity contribution in [1.82, 2.24) is 19.6 Å². The van der Waals surface area contributed by atoms with Gasteiger partial charge in [-0.25, -0.2) is 0 Å². The summed E-state index contributed by atoms with van der Waals surface area (Å²) in [4.78, 5) is 9.88. The Bertz CT molecular complexity index is 111. The first-order chi connectivity index (χ1) is 4.90. The van der Waals surface area contributed by atoms with Crippen molar-refractivity contribution in [2.75, 3.05) is 40.0 Å². The minimum atomic E-state index is 0. The van der Waals surface area contributed by atoms with Crippen molar-refractivity contribution in [3.63, 3.8) is 0 Å². The summed E-state index contributed by atoms with van der Waals surface area (Å²) in [6.07, 6.45) is 0. The van der Waals surface area contributed by atoms with E-state index in [1.165, 1.54) is 40.0 Å². The Morgan fingerprint density at radius 2 is 0.667 bits per heavy atom. The van der Waals surface area contributed by atoms with Crippen LogP contribution in [0, 0.1) is 0 Å². The maximum absolute atomic E-state index is 2.47. The van der Waals surface area contributed by atoms with Gasteiger partial charge < -0.3 is 12.4 Å². The van der Waals surface area contributed by atoms with Crippen LogP contribution in [0.5, 0.6) is 0 Å². The summed E-state index contributed by atoms with van der Waals surface area (Å²) >= 11 is 0. The Balaban J connectivity index is 0.000000360. The van der Waals surface area contributed by atoms with Crippen LogP contribution in [0.25, 0.3) is 0 Å². The van der Waals surface area contributed by atoms with E-state index in [2.05, 4.69) is 19.6 Å². The van der Waals surface area contributed by atoms with Gasteiger partial charge >= 0.3 is 16.8 Å². The molecule has 6 heteroatoms. The predicted molar refractivity (Wildman–Crippen MR) is 36.6 cm³/mol. The molecule has 0 spiro atoms. The molecule has 0 aromatic rings. The molecule has 4 fully saturated rings. The van der Waals surface area contributed by atoms with E-state index in [9.17, 15) is 0 Å². The van der Waals surface area contributed by atoms with Gasteiger partial charge in [-0.1, -0.05) is 0 Å². The molecule has 4 rings (SSSR count). The molecule has 4 aliphatic heterocycles. The van der Waals surface area contributed by atoms with Crippen molar-refractivity contribution < 1.29 is 29.2 Å². The molecule has 0 amide bonds. The van der Waals surface area contributed by atoms with Crippen LogP contribution < -0.4 is 12.4 Å². The summed E-state index contributed by atoms with van der Waals surface area (Å²) in [6.45, 7) is 7.12. The van der Waals surface area contributed by atoms with Gasteiger partial charge in [0.05, 0.1) is 40.0 Å². The number of hydrogen-bond acceptors (Lipinski definition) is 4. The first-order valence-electron chi connectivity index (χ1n) is 3.79. The molecule has 0 aromatic heterocycles. The standard InChI is InChI=1S/C6H12N4.ClH.Co/c1-7-2-9-4-8(1)5-10(3-7)6-9;;/h1-6H2;1H;/q;;+2/p-1. The van der Waals surface area contributed by atoms with E-state index in [4.69, 9.17) is 0 Å². The van der Waals surface area contributed by atoms with Crippen LogP contribution in [0.15, 0.2) is 0 Å². The van der Waals surface area contributed by atoms with E-state index in [0.717, 1.165) is 0 Å². The molecule has 1 radical (unpaired) electrons. The summed E-state index contributed by atoms with van der Waals surface area (Å²) < 4.78 is 0. The zero-order valence-corrected chi connectivity index (χ0v) is 8.54. The molecule has 4 saturated heterocycles. The fourth-order valence-corrected chi connectivity index (χ4v) is 2.23. The van der Waals surface area contributed by atoms with E-state index in [0.29, 0.717) is 0 Å². The van der Waals surface area contributed by atoms with E-state index in [-0.39, 0.29) is 29.2 Å². The third-order valence-corrected chi connectivity index (χ3v) is 2.40. The van der Waals surface area contributed by atoms with Gasteiger partial charge in [0.25, 0.3) is 0 Å². The second kappa shape index (κ2) is 3.79. The fraction of sp³-hybridized carbons (Fsp3) is 1.00. The molecule has 0 aromatic carbocycles. The number of halogens is 1. The van der Waals surface area contributed by atoms with E-state index >= 15 is 0 Å². The molecular weight excluding hydrogens is 222 g/mol. The zero-order chi connectivity index (χ0) is 6.55. The van der Waals surface area contributed by atoms with Gasteiger partial charge in [-0.2, -0.15) is 0 Å². The molecule has 0 saturated carbocycles. The van der Waals surface area contributed by atoms with E-state index in [1.54, 1.807) is 0 Å². The Labute approximate surface area is 89.1 Å².